The Kier molecular flexibility index (Phi) is 5.99. The second-order valence-electron chi connectivity index (χ2n) is 8.10. The van der Waals surface area contributed by atoms with E-state index in [2.05, 4.69) is 48.5 Å². The van der Waals surface area contributed by atoms with Crippen LogP contribution in [0.3, 0.4) is 0 Å². The van der Waals surface area contributed by atoms with Gasteiger partial charge in [0.1, 0.15) is 17.9 Å². The van der Waals surface area contributed by atoms with E-state index in [1.807, 2.05) is 31.3 Å². The number of nitrogens with one attached hydrogen (secondary N) is 2. The van der Waals surface area contributed by atoms with E-state index in [1.54, 1.807) is 38.6 Å². The van der Waals surface area contributed by atoms with Crippen molar-refractivity contribution in [3.05, 3.63) is 79.0 Å². The number of aromatic nitrogens is 5. The van der Waals surface area contributed by atoms with Crippen LogP contribution in [0.1, 0.15) is 18.6 Å². The van der Waals surface area contributed by atoms with Crippen LogP contribution in [-0.4, -0.2) is 36.7 Å². The quantitative estimate of drug-likeness (QED) is 0.308. The molecule has 9 nitrogen and oxygen atoms in total. The van der Waals surface area contributed by atoms with Crippen molar-refractivity contribution in [1.29, 1.82) is 0 Å². The standard InChI is InChI=1S/C26H25N7O2/c1-16(34)18-12-24(35-3)22(13-21(18)30-25-9-10-27-15-29-25)32-26-28-11-8-20(31-26)19-14-33(2)23-7-5-4-6-17(19)23/h4-16,34H,1-3H3,(H,27,29,30)(H,28,31,32). The summed E-state index contributed by atoms with van der Waals surface area (Å²) in [5, 5.41) is 18.0. The maximum absolute atomic E-state index is 10.4. The number of aliphatic hydroxyl groups is 1. The van der Waals surface area contributed by atoms with Crippen molar-refractivity contribution in [2.45, 2.75) is 13.0 Å². The summed E-state index contributed by atoms with van der Waals surface area (Å²) < 4.78 is 7.69. The van der Waals surface area contributed by atoms with Crippen molar-refractivity contribution in [2.24, 2.45) is 7.05 Å². The molecule has 0 aliphatic heterocycles. The lowest BCUT2D eigenvalue weighted by Crippen LogP contribution is -2.05. The normalized spacial score (nSPS) is 11.9. The first-order valence-corrected chi connectivity index (χ1v) is 11.1. The highest BCUT2D eigenvalue weighted by molar-refractivity contribution is 5.95. The second-order valence-corrected chi connectivity index (χ2v) is 8.10. The first-order valence-electron chi connectivity index (χ1n) is 11.1. The molecule has 0 spiro atoms. The molecule has 3 aromatic heterocycles. The Morgan fingerprint density at radius 2 is 1.86 bits per heavy atom. The summed E-state index contributed by atoms with van der Waals surface area (Å²) in [7, 11) is 3.60. The molecule has 35 heavy (non-hydrogen) atoms. The molecule has 176 valence electrons. The monoisotopic (exact) mass is 467 g/mol. The first-order chi connectivity index (χ1) is 17.0. The van der Waals surface area contributed by atoms with Gasteiger partial charge in [-0.25, -0.2) is 19.9 Å². The van der Waals surface area contributed by atoms with Crippen LogP contribution in [0.25, 0.3) is 22.2 Å². The van der Waals surface area contributed by atoms with E-state index in [-0.39, 0.29) is 0 Å². The van der Waals surface area contributed by atoms with E-state index in [0.29, 0.717) is 34.5 Å². The van der Waals surface area contributed by atoms with Crippen LogP contribution in [0.5, 0.6) is 5.75 Å². The average molecular weight is 468 g/mol. The number of aliphatic hydroxyl groups excluding tert-OH is 1. The third-order valence-electron chi connectivity index (χ3n) is 5.74. The molecule has 3 heterocycles. The summed E-state index contributed by atoms with van der Waals surface area (Å²) in [5.41, 5.74) is 4.94. The number of aryl methyl sites for hydroxylation is 1. The van der Waals surface area contributed by atoms with Crippen LogP contribution in [0.15, 0.2) is 73.4 Å². The van der Waals surface area contributed by atoms with Crippen LogP contribution in [0.4, 0.5) is 23.1 Å². The van der Waals surface area contributed by atoms with Gasteiger partial charge in [-0.1, -0.05) is 18.2 Å². The fourth-order valence-electron chi connectivity index (χ4n) is 4.05. The molecule has 3 N–H and O–H groups in total. The first kappa shape index (κ1) is 22.3. The molecule has 9 heteroatoms. The lowest BCUT2D eigenvalue weighted by molar-refractivity contribution is 0.199. The van der Waals surface area contributed by atoms with Crippen molar-refractivity contribution in [2.75, 3.05) is 17.7 Å². The minimum absolute atomic E-state index is 0.423. The number of fused-ring (bicyclic) bond motifs is 1. The summed E-state index contributed by atoms with van der Waals surface area (Å²) >= 11 is 0. The Bertz CT molecular complexity index is 1480. The van der Waals surface area contributed by atoms with Gasteiger partial charge in [0.2, 0.25) is 5.95 Å². The highest BCUT2D eigenvalue weighted by Gasteiger charge is 2.17. The molecule has 2 aromatic carbocycles. The SMILES string of the molecule is COc1cc(C(C)O)c(Nc2ccncn2)cc1Nc1nccc(-c2cn(C)c3ccccc23)n1. The Morgan fingerprint density at radius 1 is 1.00 bits per heavy atom. The van der Waals surface area contributed by atoms with Gasteiger partial charge in [-0.15, -0.1) is 0 Å². The predicted octanol–water partition coefficient (Wildman–Crippen LogP) is 4.97. The molecule has 0 saturated heterocycles. The average Bonchev–Trinajstić information content (AvgIpc) is 3.21. The number of methoxy groups -OCH3 is 1. The lowest BCUT2D eigenvalue weighted by atomic mass is 10.1. The Balaban J connectivity index is 1.52. The van der Waals surface area contributed by atoms with E-state index in [1.165, 1.54) is 6.33 Å². The number of anilines is 4. The molecular formula is C26H25N7O2. The van der Waals surface area contributed by atoms with Crippen molar-refractivity contribution < 1.29 is 9.84 Å². The smallest absolute Gasteiger partial charge is 0.227 e. The number of nitrogens with zero attached hydrogens (tertiary/aromatic N) is 5. The van der Waals surface area contributed by atoms with E-state index in [9.17, 15) is 5.11 Å². The predicted molar refractivity (Wildman–Crippen MR) is 136 cm³/mol. The van der Waals surface area contributed by atoms with Gasteiger partial charge in [0.05, 0.1) is 24.6 Å². The van der Waals surface area contributed by atoms with Crippen LogP contribution in [0, 0.1) is 0 Å². The van der Waals surface area contributed by atoms with E-state index >= 15 is 0 Å². The molecule has 0 aliphatic rings. The lowest BCUT2D eigenvalue weighted by Gasteiger charge is -2.18. The maximum atomic E-state index is 10.4. The van der Waals surface area contributed by atoms with Gasteiger partial charge in [-0.3, -0.25) is 0 Å². The molecule has 1 unspecified atom stereocenters. The Hall–Kier alpha value is -4.50. The number of hydrogen-bond acceptors (Lipinski definition) is 8. The molecule has 0 amide bonds. The van der Waals surface area contributed by atoms with Crippen molar-refractivity contribution in [3.8, 4) is 17.0 Å². The van der Waals surface area contributed by atoms with Gasteiger partial charge >= 0.3 is 0 Å². The number of benzene rings is 2. The zero-order valence-corrected chi connectivity index (χ0v) is 19.6. The Labute approximate surface area is 202 Å². The molecule has 0 saturated carbocycles. The maximum Gasteiger partial charge on any atom is 0.227 e. The largest absolute Gasteiger partial charge is 0.495 e. The van der Waals surface area contributed by atoms with E-state index < -0.39 is 6.10 Å². The van der Waals surface area contributed by atoms with E-state index in [0.717, 1.165) is 22.2 Å². The van der Waals surface area contributed by atoms with Gasteiger partial charge in [-0.2, -0.15) is 0 Å². The highest BCUT2D eigenvalue weighted by atomic mass is 16.5. The minimum atomic E-state index is -0.728. The summed E-state index contributed by atoms with van der Waals surface area (Å²) in [6.45, 7) is 1.70. The fourth-order valence-corrected chi connectivity index (χ4v) is 4.05. The topological polar surface area (TPSA) is 110 Å². The van der Waals surface area contributed by atoms with Crippen LogP contribution >= 0.6 is 0 Å². The summed E-state index contributed by atoms with van der Waals surface area (Å²) in [6, 6.07) is 15.5. The van der Waals surface area contributed by atoms with Crippen molar-refractivity contribution in [1.82, 2.24) is 24.5 Å². The summed E-state index contributed by atoms with van der Waals surface area (Å²) in [6.07, 6.45) is 6.17. The molecule has 5 rings (SSSR count). The molecular weight excluding hydrogens is 442 g/mol. The second kappa shape index (κ2) is 9.40. The number of hydrogen-bond donors (Lipinski definition) is 3. The number of rotatable bonds is 7. The van der Waals surface area contributed by atoms with Gasteiger partial charge < -0.3 is 25.0 Å². The van der Waals surface area contributed by atoms with Crippen LogP contribution < -0.4 is 15.4 Å². The Morgan fingerprint density at radius 3 is 2.63 bits per heavy atom. The van der Waals surface area contributed by atoms with Crippen molar-refractivity contribution in [3.63, 3.8) is 0 Å². The van der Waals surface area contributed by atoms with Gasteiger partial charge in [0, 0.05) is 53.4 Å². The molecule has 0 aliphatic carbocycles. The van der Waals surface area contributed by atoms with E-state index in [4.69, 9.17) is 9.72 Å². The highest BCUT2D eigenvalue weighted by Crippen LogP contribution is 2.37. The van der Waals surface area contributed by atoms with Crippen LogP contribution in [-0.2, 0) is 7.05 Å². The zero-order chi connectivity index (χ0) is 24.4. The van der Waals surface area contributed by atoms with Gasteiger partial charge in [0.15, 0.2) is 0 Å². The minimum Gasteiger partial charge on any atom is -0.495 e. The summed E-state index contributed by atoms with van der Waals surface area (Å²) in [4.78, 5) is 17.4. The molecule has 5 aromatic rings. The number of para-hydroxylation sites is 1. The third-order valence-corrected chi connectivity index (χ3v) is 5.74. The fraction of sp³-hybridized carbons (Fsp3) is 0.154. The molecule has 0 radical (unpaired) electrons. The van der Waals surface area contributed by atoms with Crippen molar-refractivity contribution >= 4 is 34.0 Å². The van der Waals surface area contributed by atoms with Gasteiger partial charge in [-0.05, 0) is 37.3 Å². The molecule has 0 fully saturated rings. The van der Waals surface area contributed by atoms with Crippen LogP contribution in [0.2, 0.25) is 0 Å². The van der Waals surface area contributed by atoms with Gasteiger partial charge in [0.25, 0.3) is 0 Å². The zero-order valence-electron chi connectivity index (χ0n) is 19.6. The summed E-state index contributed by atoms with van der Waals surface area (Å²) in [5.74, 6) is 1.58. The number of ether oxygens (including phenoxy) is 1. The molecule has 0 bridgehead atoms. The molecule has 1 atom stereocenters. The third kappa shape index (κ3) is 4.49.